The molecular weight excluding hydrogens is 348 g/mol. The zero-order valence-corrected chi connectivity index (χ0v) is 15.8. The van der Waals surface area contributed by atoms with Gasteiger partial charge in [0.2, 0.25) is 5.91 Å². The summed E-state index contributed by atoms with van der Waals surface area (Å²) in [7, 11) is 0. The van der Waals surface area contributed by atoms with Crippen molar-refractivity contribution >= 4 is 11.8 Å². The molecule has 3 aromatic carbocycles. The van der Waals surface area contributed by atoms with Gasteiger partial charge in [-0.1, -0.05) is 78.4 Å². The van der Waals surface area contributed by atoms with Gasteiger partial charge in [-0.15, -0.1) is 0 Å². The number of hydrogen-bond acceptors (Lipinski definition) is 2. The maximum absolute atomic E-state index is 13.1. The second-order valence-electron chi connectivity index (χ2n) is 7.12. The Balaban J connectivity index is 1.62. The maximum Gasteiger partial charge on any atom is 0.255 e. The molecular formula is C24H22N2O2. The van der Waals surface area contributed by atoms with Gasteiger partial charge < -0.3 is 10.2 Å². The Morgan fingerprint density at radius 1 is 0.929 bits per heavy atom. The van der Waals surface area contributed by atoms with Crippen LogP contribution in [0.5, 0.6) is 0 Å². The number of nitrogens with zero attached hydrogens (tertiary/aromatic N) is 1. The summed E-state index contributed by atoms with van der Waals surface area (Å²) >= 11 is 0. The minimum Gasteiger partial charge on any atom is -0.350 e. The molecule has 1 N–H and O–H groups in total. The monoisotopic (exact) mass is 370 g/mol. The van der Waals surface area contributed by atoms with Crippen LogP contribution in [0.2, 0.25) is 0 Å². The number of carbonyl (C=O) groups excluding carboxylic acids is 2. The first-order chi connectivity index (χ1) is 13.6. The summed E-state index contributed by atoms with van der Waals surface area (Å²) in [6.45, 7) is 2.79. The largest absolute Gasteiger partial charge is 0.350 e. The molecule has 28 heavy (non-hydrogen) atoms. The lowest BCUT2D eigenvalue weighted by Gasteiger charge is -2.25. The molecule has 140 valence electrons. The minimum absolute atomic E-state index is 0.0950. The highest BCUT2D eigenvalue weighted by atomic mass is 16.2. The third-order valence-corrected chi connectivity index (χ3v) is 5.06. The van der Waals surface area contributed by atoms with Crippen LogP contribution in [-0.4, -0.2) is 16.7 Å². The third kappa shape index (κ3) is 3.54. The molecule has 0 radical (unpaired) electrons. The number of hydrogen-bond donors (Lipinski definition) is 1. The SMILES string of the molecule is Cc1ccc2c(c1)C(=O)N(Cc1ccccc1)C2C(=O)NCc1ccccc1. The van der Waals surface area contributed by atoms with E-state index in [1.54, 1.807) is 4.90 Å². The molecule has 0 spiro atoms. The van der Waals surface area contributed by atoms with Gasteiger partial charge >= 0.3 is 0 Å². The minimum atomic E-state index is -0.619. The van der Waals surface area contributed by atoms with E-state index in [0.717, 1.165) is 22.3 Å². The molecule has 1 atom stereocenters. The first kappa shape index (κ1) is 18.0. The highest BCUT2D eigenvalue weighted by Crippen LogP contribution is 2.35. The first-order valence-corrected chi connectivity index (χ1v) is 9.40. The lowest BCUT2D eigenvalue weighted by molar-refractivity contribution is -0.125. The number of benzene rings is 3. The fourth-order valence-corrected chi connectivity index (χ4v) is 3.64. The Bertz CT molecular complexity index is 1000. The third-order valence-electron chi connectivity index (χ3n) is 5.06. The Morgan fingerprint density at radius 2 is 1.57 bits per heavy atom. The molecule has 2 amide bonds. The number of aryl methyl sites for hydroxylation is 1. The van der Waals surface area contributed by atoms with Crippen molar-refractivity contribution in [2.45, 2.75) is 26.1 Å². The van der Waals surface area contributed by atoms with Gasteiger partial charge in [0.15, 0.2) is 0 Å². The average molecular weight is 370 g/mol. The van der Waals surface area contributed by atoms with Gasteiger partial charge in [0, 0.05) is 18.7 Å². The lowest BCUT2D eigenvalue weighted by atomic mass is 10.0. The van der Waals surface area contributed by atoms with E-state index in [1.165, 1.54) is 0 Å². The predicted molar refractivity (Wildman–Crippen MR) is 109 cm³/mol. The second-order valence-corrected chi connectivity index (χ2v) is 7.12. The van der Waals surface area contributed by atoms with Crippen LogP contribution in [0.4, 0.5) is 0 Å². The number of carbonyl (C=O) groups is 2. The molecule has 4 rings (SSSR count). The molecule has 0 fully saturated rings. The maximum atomic E-state index is 13.1. The van der Waals surface area contributed by atoms with Crippen LogP contribution in [0.1, 0.15) is 38.7 Å². The van der Waals surface area contributed by atoms with Crippen LogP contribution >= 0.6 is 0 Å². The molecule has 1 heterocycles. The van der Waals surface area contributed by atoms with E-state index in [4.69, 9.17) is 0 Å². The molecule has 1 unspecified atom stereocenters. The summed E-state index contributed by atoms with van der Waals surface area (Å²) in [5, 5.41) is 3.00. The van der Waals surface area contributed by atoms with Crippen molar-refractivity contribution in [3.8, 4) is 0 Å². The van der Waals surface area contributed by atoms with Crippen LogP contribution in [0.15, 0.2) is 78.9 Å². The van der Waals surface area contributed by atoms with Gasteiger partial charge in [-0.25, -0.2) is 0 Å². The van der Waals surface area contributed by atoms with Crippen LogP contribution in [0.25, 0.3) is 0 Å². The molecule has 0 aliphatic carbocycles. The highest BCUT2D eigenvalue weighted by molar-refractivity contribution is 6.04. The summed E-state index contributed by atoms with van der Waals surface area (Å²) in [5.74, 6) is -0.252. The van der Waals surface area contributed by atoms with Gasteiger partial charge in [0.05, 0.1) is 0 Å². The quantitative estimate of drug-likeness (QED) is 0.738. The lowest BCUT2D eigenvalue weighted by Crippen LogP contribution is -2.38. The summed E-state index contributed by atoms with van der Waals surface area (Å²) < 4.78 is 0. The zero-order chi connectivity index (χ0) is 19.5. The standard InChI is InChI=1S/C24H22N2O2/c1-17-12-13-20-21(14-17)24(28)26(16-19-10-6-3-7-11-19)22(20)23(27)25-15-18-8-4-2-5-9-18/h2-14,22H,15-16H2,1H3,(H,25,27). The first-order valence-electron chi connectivity index (χ1n) is 9.40. The summed E-state index contributed by atoms with van der Waals surface area (Å²) in [5.41, 5.74) is 4.44. The van der Waals surface area contributed by atoms with E-state index in [9.17, 15) is 9.59 Å². The van der Waals surface area contributed by atoms with Crippen molar-refractivity contribution in [1.82, 2.24) is 10.2 Å². The van der Waals surface area contributed by atoms with E-state index >= 15 is 0 Å². The highest BCUT2D eigenvalue weighted by Gasteiger charge is 2.40. The van der Waals surface area contributed by atoms with Crippen LogP contribution in [0, 0.1) is 6.92 Å². The molecule has 4 heteroatoms. The van der Waals surface area contributed by atoms with Crippen molar-refractivity contribution in [1.29, 1.82) is 0 Å². The molecule has 1 aliphatic rings. The van der Waals surface area contributed by atoms with E-state index in [2.05, 4.69) is 5.32 Å². The Labute approximate surface area is 164 Å². The fraction of sp³-hybridized carbons (Fsp3) is 0.167. The van der Waals surface area contributed by atoms with Crippen molar-refractivity contribution in [3.63, 3.8) is 0 Å². The van der Waals surface area contributed by atoms with Crippen molar-refractivity contribution in [2.75, 3.05) is 0 Å². The van der Waals surface area contributed by atoms with Crippen LogP contribution < -0.4 is 5.32 Å². The smallest absolute Gasteiger partial charge is 0.255 e. The van der Waals surface area contributed by atoms with Crippen molar-refractivity contribution < 1.29 is 9.59 Å². The number of nitrogens with one attached hydrogen (secondary N) is 1. The van der Waals surface area contributed by atoms with Gasteiger partial charge in [-0.05, 0) is 29.7 Å². The second kappa shape index (κ2) is 7.69. The van der Waals surface area contributed by atoms with Gasteiger partial charge in [-0.3, -0.25) is 9.59 Å². The Morgan fingerprint density at radius 3 is 2.25 bits per heavy atom. The Kier molecular flexibility index (Phi) is 4.94. The molecule has 0 bridgehead atoms. The molecule has 1 aliphatic heterocycles. The summed E-state index contributed by atoms with van der Waals surface area (Å²) in [6, 6.07) is 24.7. The fourth-order valence-electron chi connectivity index (χ4n) is 3.64. The molecule has 0 saturated heterocycles. The normalized spacial score (nSPS) is 15.4. The zero-order valence-electron chi connectivity index (χ0n) is 15.8. The van der Waals surface area contributed by atoms with E-state index in [1.807, 2.05) is 85.8 Å². The molecule has 4 nitrogen and oxygen atoms in total. The van der Waals surface area contributed by atoms with Crippen molar-refractivity contribution in [2.24, 2.45) is 0 Å². The topological polar surface area (TPSA) is 49.4 Å². The summed E-state index contributed by atoms with van der Waals surface area (Å²) in [6.07, 6.45) is 0. The Hall–Kier alpha value is -3.40. The van der Waals surface area contributed by atoms with Crippen LogP contribution in [-0.2, 0) is 17.9 Å². The van der Waals surface area contributed by atoms with E-state index in [0.29, 0.717) is 18.7 Å². The summed E-state index contributed by atoms with van der Waals surface area (Å²) in [4.78, 5) is 27.9. The van der Waals surface area contributed by atoms with E-state index < -0.39 is 6.04 Å². The van der Waals surface area contributed by atoms with Gasteiger partial charge in [-0.2, -0.15) is 0 Å². The molecule has 3 aromatic rings. The number of rotatable bonds is 5. The van der Waals surface area contributed by atoms with E-state index in [-0.39, 0.29) is 11.8 Å². The van der Waals surface area contributed by atoms with Gasteiger partial charge in [0.25, 0.3) is 5.91 Å². The average Bonchev–Trinajstić information content (AvgIpc) is 2.99. The molecule has 0 saturated carbocycles. The molecule has 0 aromatic heterocycles. The predicted octanol–water partition coefficient (Wildman–Crippen LogP) is 4.01. The van der Waals surface area contributed by atoms with Crippen LogP contribution in [0.3, 0.4) is 0 Å². The number of amides is 2. The number of fused-ring (bicyclic) bond motifs is 1. The van der Waals surface area contributed by atoms with Crippen molar-refractivity contribution in [3.05, 3.63) is 107 Å². The van der Waals surface area contributed by atoms with Gasteiger partial charge in [0.1, 0.15) is 6.04 Å².